The number of alkyl halides is 3. The summed E-state index contributed by atoms with van der Waals surface area (Å²) >= 11 is 5.81. The van der Waals surface area contributed by atoms with Gasteiger partial charge in [-0.25, -0.2) is 32.5 Å². The van der Waals surface area contributed by atoms with Crippen molar-refractivity contribution in [2.75, 3.05) is 29.9 Å². The summed E-state index contributed by atoms with van der Waals surface area (Å²) in [4.78, 5) is 34.1. The summed E-state index contributed by atoms with van der Waals surface area (Å²) in [5, 5.41) is 16.4. The first-order valence-corrected chi connectivity index (χ1v) is 15.0. The molecular weight excluding hydrogens is 630 g/mol. The average Bonchev–Trinajstić information content (AvgIpc) is 3.63. The normalized spacial score (nSPS) is 21.3. The number of nitrogens with zero attached hydrogens (tertiary/aromatic N) is 8. The van der Waals surface area contributed by atoms with E-state index in [9.17, 15) is 27.5 Å². The number of anilines is 2. The second-order valence-electron chi connectivity index (χ2n) is 11.4. The fourth-order valence-corrected chi connectivity index (χ4v) is 5.93. The van der Waals surface area contributed by atoms with Gasteiger partial charge in [-0.1, -0.05) is 17.7 Å². The maximum absolute atomic E-state index is 14.7. The summed E-state index contributed by atoms with van der Waals surface area (Å²) < 4.78 is 57.4. The van der Waals surface area contributed by atoms with Crippen LogP contribution in [0.15, 0.2) is 49.3 Å². The molecule has 4 aromatic rings. The van der Waals surface area contributed by atoms with E-state index in [0.717, 1.165) is 43.1 Å². The quantitative estimate of drug-likeness (QED) is 0.246. The minimum atomic E-state index is -3.01. The van der Waals surface area contributed by atoms with Crippen LogP contribution in [-0.2, 0) is 0 Å². The Morgan fingerprint density at radius 1 is 1.11 bits per heavy atom. The Hall–Kier alpha value is -4.21. The molecule has 0 saturated carbocycles. The van der Waals surface area contributed by atoms with Crippen LogP contribution >= 0.6 is 11.6 Å². The molecule has 1 aromatic carbocycles. The molecule has 0 bridgehead atoms. The van der Waals surface area contributed by atoms with Gasteiger partial charge in [0.2, 0.25) is 5.95 Å². The maximum Gasteiger partial charge on any atom is 0.275 e. The molecule has 2 N–H and O–H groups in total. The number of carbonyl (C=O) groups excluding carboxylic acids is 1. The molecular formula is C30H30ClF4N9O2. The topological polar surface area (TPSA) is 125 Å². The first-order valence-electron chi connectivity index (χ1n) is 14.6. The second kappa shape index (κ2) is 12.9. The highest BCUT2D eigenvalue weighted by atomic mass is 35.5. The lowest BCUT2D eigenvalue weighted by atomic mass is 9.95. The van der Waals surface area contributed by atoms with Crippen LogP contribution in [0.1, 0.15) is 54.4 Å². The van der Waals surface area contributed by atoms with E-state index < -0.39 is 41.6 Å². The number of likely N-dealkylation sites (tertiary alicyclic amines) is 1. The van der Waals surface area contributed by atoms with Gasteiger partial charge in [0.05, 0.1) is 47.1 Å². The molecule has 3 aromatic heterocycles. The van der Waals surface area contributed by atoms with Gasteiger partial charge in [-0.3, -0.25) is 19.4 Å². The molecule has 11 nitrogen and oxygen atoms in total. The van der Waals surface area contributed by atoms with Crippen molar-refractivity contribution >= 4 is 29.1 Å². The van der Waals surface area contributed by atoms with Crippen molar-refractivity contribution in [3.05, 3.63) is 77.0 Å². The van der Waals surface area contributed by atoms with E-state index in [0.29, 0.717) is 18.2 Å². The predicted octanol–water partition coefficient (Wildman–Crippen LogP) is 4.70. The van der Waals surface area contributed by atoms with Gasteiger partial charge >= 0.3 is 0 Å². The summed E-state index contributed by atoms with van der Waals surface area (Å²) in [5.74, 6) is -1.23. The second-order valence-corrected chi connectivity index (χ2v) is 11.8. The molecule has 46 heavy (non-hydrogen) atoms. The van der Waals surface area contributed by atoms with Crippen molar-refractivity contribution in [2.24, 2.45) is 0 Å². The van der Waals surface area contributed by atoms with E-state index in [-0.39, 0.29) is 41.1 Å². The van der Waals surface area contributed by atoms with Crippen molar-refractivity contribution in [3.8, 4) is 11.3 Å². The third-order valence-electron chi connectivity index (χ3n) is 8.59. The van der Waals surface area contributed by atoms with Gasteiger partial charge in [0.1, 0.15) is 11.9 Å². The highest BCUT2D eigenvalue weighted by molar-refractivity contribution is 6.31. The largest absolute Gasteiger partial charge is 0.389 e. The zero-order valence-corrected chi connectivity index (χ0v) is 25.5. The minimum absolute atomic E-state index is 0.0330. The van der Waals surface area contributed by atoms with Crippen LogP contribution in [0.2, 0.25) is 5.02 Å². The van der Waals surface area contributed by atoms with Crippen LogP contribution in [0.4, 0.5) is 29.2 Å². The lowest BCUT2D eigenvalue weighted by Crippen LogP contribution is -2.59. The summed E-state index contributed by atoms with van der Waals surface area (Å²) in [6.45, 7) is 5.20. The third-order valence-corrected chi connectivity index (χ3v) is 8.88. The van der Waals surface area contributed by atoms with Crippen LogP contribution in [0.3, 0.4) is 0 Å². The highest BCUT2D eigenvalue weighted by Gasteiger charge is 2.41. The highest BCUT2D eigenvalue weighted by Crippen LogP contribution is 2.35. The van der Waals surface area contributed by atoms with Crippen LogP contribution in [-0.4, -0.2) is 89.6 Å². The smallest absolute Gasteiger partial charge is 0.275 e. The molecule has 2 fully saturated rings. The summed E-state index contributed by atoms with van der Waals surface area (Å²) in [6, 6.07) is 1.87. The van der Waals surface area contributed by atoms with E-state index in [2.05, 4.69) is 35.3 Å². The van der Waals surface area contributed by atoms with Crippen molar-refractivity contribution in [1.82, 2.24) is 34.6 Å². The number of aliphatic hydroxyl groups is 1. The Morgan fingerprint density at radius 3 is 2.52 bits per heavy atom. The van der Waals surface area contributed by atoms with Crippen molar-refractivity contribution < 1.29 is 27.5 Å². The molecule has 2 aliphatic heterocycles. The number of rotatable bonds is 9. The number of hydrogen-bond donors (Lipinski definition) is 2. The Labute approximate surface area is 266 Å². The molecule has 1 unspecified atom stereocenters. The summed E-state index contributed by atoms with van der Waals surface area (Å²) in [6.07, 6.45) is 4.34. The minimum Gasteiger partial charge on any atom is -0.389 e. The molecule has 0 aliphatic carbocycles. The predicted molar refractivity (Wildman–Crippen MR) is 161 cm³/mol. The first kappa shape index (κ1) is 31.8. The number of β-amino-alcohol motifs (C(OH)–C–C–N with tert-alkyl or cyclic N) is 1. The van der Waals surface area contributed by atoms with Gasteiger partial charge < -0.3 is 15.3 Å². The van der Waals surface area contributed by atoms with Gasteiger partial charge in [0.25, 0.3) is 12.3 Å². The van der Waals surface area contributed by atoms with Gasteiger partial charge in [-0.2, -0.15) is 5.10 Å². The Morgan fingerprint density at radius 2 is 1.87 bits per heavy atom. The number of hydrogen-bond acceptors (Lipinski definition) is 9. The molecule has 2 aliphatic rings. The zero-order valence-electron chi connectivity index (χ0n) is 24.7. The lowest BCUT2D eigenvalue weighted by Gasteiger charge is -2.47. The van der Waals surface area contributed by atoms with Crippen LogP contribution < -0.4 is 10.2 Å². The molecule has 0 radical (unpaired) electrons. The molecule has 242 valence electrons. The van der Waals surface area contributed by atoms with Crippen LogP contribution in [0.5, 0.6) is 0 Å². The van der Waals surface area contributed by atoms with Gasteiger partial charge in [-0.15, -0.1) is 0 Å². The number of amides is 1. The van der Waals surface area contributed by atoms with Crippen molar-refractivity contribution in [2.45, 2.75) is 57.1 Å². The molecule has 5 atom stereocenters. The van der Waals surface area contributed by atoms with Crippen molar-refractivity contribution in [3.63, 3.8) is 0 Å². The van der Waals surface area contributed by atoms with Crippen LogP contribution in [0, 0.1) is 5.82 Å². The lowest BCUT2D eigenvalue weighted by molar-refractivity contribution is 0.102. The Bertz CT molecular complexity index is 1720. The number of aromatic nitrogens is 6. The first-order chi connectivity index (χ1) is 22.0. The van der Waals surface area contributed by atoms with E-state index in [1.807, 2.05) is 18.7 Å². The molecule has 6 rings (SSSR count). The van der Waals surface area contributed by atoms with E-state index in [1.165, 1.54) is 6.20 Å². The standard InChI is InChI=1S/C30H30ClF4N9O2/c1-15(17-7-37-30(38-8-17)43-6-5-24(43)16(2)42-13-21(32)25(45)14-42)44-12-18(9-39-44)40-29(46)23-11-36-10-22(41-23)26-19(28(34)35)3-4-20(31)27(26)33/h3-4,7-12,15-16,21,24-25,28,45H,5-6,13-14H2,1-2H3,(H,40,46)/t15?,16-,21-,24+,25-/m1/s1. The number of halogens is 5. The number of carbonyl (C=O) groups is 1. The van der Waals surface area contributed by atoms with E-state index in [1.54, 1.807) is 23.3 Å². The molecule has 2 saturated heterocycles. The average molecular weight is 660 g/mol. The fourth-order valence-electron chi connectivity index (χ4n) is 5.77. The van der Waals surface area contributed by atoms with E-state index in [4.69, 9.17) is 11.6 Å². The van der Waals surface area contributed by atoms with Gasteiger partial charge in [0, 0.05) is 67.0 Å². The third kappa shape index (κ3) is 6.13. The molecule has 5 heterocycles. The SMILES string of the molecule is CC(c1cnc(N2CC[C@H]2[C@@H](C)N2C[C@@H](O)[C@H](F)C2)nc1)n1cc(NC(=O)c2cncc(-c3c(C(F)F)ccc(Cl)c3F)n2)cn1. The monoisotopic (exact) mass is 659 g/mol. The Kier molecular flexibility index (Phi) is 8.90. The van der Waals surface area contributed by atoms with Crippen LogP contribution in [0.25, 0.3) is 11.3 Å². The maximum atomic E-state index is 14.7. The molecule has 0 spiro atoms. The van der Waals surface area contributed by atoms with Gasteiger partial charge in [-0.05, 0) is 26.3 Å². The van der Waals surface area contributed by atoms with E-state index >= 15 is 0 Å². The fraction of sp³-hybridized carbons (Fsp3) is 0.400. The number of benzene rings is 1. The summed E-state index contributed by atoms with van der Waals surface area (Å²) in [7, 11) is 0. The number of nitrogens with one attached hydrogen (secondary N) is 1. The zero-order chi connectivity index (χ0) is 32.7. The summed E-state index contributed by atoms with van der Waals surface area (Å²) in [5.41, 5.74) is -0.568. The molecule has 16 heteroatoms. The Balaban J connectivity index is 1.11. The van der Waals surface area contributed by atoms with Gasteiger partial charge in [0.15, 0.2) is 5.82 Å². The molecule has 1 amide bonds. The number of aliphatic hydroxyl groups excluding tert-OH is 1. The van der Waals surface area contributed by atoms with Crippen molar-refractivity contribution in [1.29, 1.82) is 0 Å².